The van der Waals surface area contributed by atoms with Gasteiger partial charge in [-0.3, -0.25) is 4.79 Å². The predicted molar refractivity (Wildman–Crippen MR) is 85.5 cm³/mol. The SMILES string of the molecule is CC(CO)(NC(=O)CSc1ccc2c(c1)CCC2)C1CC1. The number of nitrogens with one attached hydrogen (secondary N) is 1. The van der Waals surface area contributed by atoms with Gasteiger partial charge in [-0.25, -0.2) is 0 Å². The molecule has 0 radical (unpaired) electrons. The number of aliphatic hydroxyl groups is 1. The van der Waals surface area contributed by atoms with Gasteiger partial charge in [-0.05, 0) is 68.2 Å². The van der Waals surface area contributed by atoms with Crippen LogP contribution in [0.4, 0.5) is 0 Å². The highest BCUT2D eigenvalue weighted by atomic mass is 32.2. The van der Waals surface area contributed by atoms with Crippen molar-refractivity contribution in [2.24, 2.45) is 5.92 Å². The molecule has 1 unspecified atom stereocenters. The summed E-state index contributed by atoms with van der Waals surface area (Å²) >= 11 is 1.58. The van der Waals surface area contributed by atoms with Gasteiger partial charge >= 0.3 is 0 Å². The van der Waals surface area contributed by atoms with Crippen LogP contribution in [0.1, 0.15) is 37.3 Å². The number of amides is 1. The molecule has 0 spiro atoms. The summed E-state index contributed by atoms with van der Waals surface area (Å²) in [5.74, 6) is 0.876. The first-order chi connectivity index (χ1) is 10.1. The first kappa shape index (κ1) is 14.9. The number of aliphatic hydroxyl groups excluding tert-OH is 1. The third-order valence-corrected chi connectivity index (χ3v) is 5.67. The molecule has 2 aliphatic rings. The summed E-state index contributed by atoms with van der Waals surface area (Å²) in [4.78, 5) is 13.3. The Morgan fingerprint density at radius 3 is 2.86 bits per heavy atom. The van der Waals surface area contributed by atoms with Crippen molar-refractivity contribution in [2.45, 2.75) is 49.5 Å². The fourth-order valence-electron chi connectivity index (χ4n) is 3.13. The van der Waals surface area contributed by atoms with Crippen molar-refractivity contribution in [3.8, 4) is 0 Å². The lowest BCUT2D eigenvalue weighted by Gasteiger charge is -2.28. The summed E-state index contributed by atoms with van der Waals surface area (Å²) in [7, 11) is 0. The second-order valence-corrected chi connectivity index (χ2v) is 7.52. The molecule has 0 bridgehead atoms. The lowest BCUT2D eigenvalue weighted by Crippen LogP contribution is -2.51. The number of fused-ring (bicyclic) bond motifs is 1. The van der Waals surface area contributed by atoms with E-state index in [1.54, 1.807) is 11.8 Å². The molecule has 0 heterocycles. The number of benzene rings is 1. The molecule has 2 N–H and O–H groups in total. The van der Waals surface area contributed by atoms with E-state index in [1.165, 1.54) is 35.3 Å². The maximum Gasteiger partial charge on any atom is 0.230 e. The van der Waals surface area contributed by atoms with Gasteiger partial charge in [0.1, 0.15) is 0 Å². The molecule has 21 heavy (non-hydrogen) atoms. The number of carbonyl (C=O) groups excluding carboxylic acids is 1. The summed E-state index contributed by atoms with van der Waals surface area (Å²) in [6.45, 7) is 1.97. The van der Waals surface area contributed by atoms with Crippen molar-refractivity contribution >= 4 is 17.7 Å². The normalized spacial score (nSPS) is 19.9. The van der Waals surface area contributed by atoms with Crippen LogP contribution >= 0.6 is 11.8 Å². The number of hydrogen-bond acceptors (Lipinski definition) is 3. The van der Waals surface area contributed by atoms with E-state index in [0.29, 0.717) is 11.7 Å². The minimum absolute atomic E-state index is 0.0175. The lowest BCUT2D eigenvalue weighted by molar-refractivity contribution is -0.121. The standard InChI is InChI=1S/C17H23NO2S/c1-17(11-19,14-6-7-14)18-16(20)10-21-15-8-5-12-3-2-4-13(12)9-15/h5,8-9,14,19H,2-4,6-7,10-11H2,1H3,(H,18,20). The Hall–Kier alpha value is -1.00. The molecule has 1 aromatic carbocycles. The molecule has 3 nitrogen and oxygen atoms in total. The van der Waals surface area contributed by atoms with Crippen LogP contribution in [0, 0.1) is 5.92 Å². The van der Waals surface area contributed by atoms with Crippen molar-refractivity contribution in [3.63, 3.8) is 0 Å². The van der Waals surface area contributed by atoms with Crippen molar-refractivity contribution in [3.05, 3.63) is 29.3 Å². The van der Waals surface area contributed by atoms with Gasteiger partial charge in [0.15, 0.2) is 0 Å². The summed E-state index contributed by atoms with van der Waals surface area (Å²) < 4.78 is 0. The summed E-state index contributed by atoms with van der Waals surface area (Å²) in [5.41, 5.74) is 2.47. The average molecular weight is 305 g/mol. The molecule has 1 amide bonds. The average Bonchev–Trinajstić information content (AvgIpc) is 3.24. The topological polar surface area (TPSA) is 49.3 Å². The zero-order valence-electron chi connectivity index (χ0n) is 12.5. The summed E-state index contributed by atoms with van der Waals surface area (Å²) in [6.07, 6.45) is 5.82. The van der Waals surface area contributed by atoms with Crippen LogP contribution in [-0.4, -0.2) is 28.9 Å². The van der Waals surface area contributed by atoms with Crippen molar-refractivity contribution in [1.29, 1.82) is 0 Å². The smallest absolute Gasteiger partial charge is 0.230 e. The van der Waals surface area contributed by atoms with Crippen LogP contribution in [0.5, 0.6) is 0 Å². The van der Waals surface area contributed by atoms with Gasteiger partial charge in [0.05, 0.1) is 17.9 Å². The largest absolute Gasteiger partial charge is 0.394 e. The second-order valence-electron chi connectivity index (χ2n) is 6.47. The highest BCUT2D eigenvalue weighted by Crippen LogP contribution is 2.39. The second kappa shape index (κ2) is 6.01. The van der Waals surface area contributed by atoms with Crippen LogP contribution in [0.25, 0.3) is 0 Å². The minimum atomic E-state index is -0.435. The maximum absolute atomic E-state index is 12.1. The van der Waals surface area contributed by atoms with Gasteiger partial charge in [-0.15, -0.1) is 11.8 Å². The van der Waals surface area contributed by atoms with Crippen molar-refractivity contribution < 1.29 is 9.90 Å². The Bertz CT molecular complexity index is 542. The highest BCUT2D eigenvalue weighted by Gasteiger charge is 2.42. The molecule has 3 rings (SSSR count). The van der Waals surface area contributed by atoms with Crippen LogP contribution < -0.4 is 5.32 Å². The molecule has 1 saturated carbocycles. The molecule has 4 heteroatoms. The number of carbonyl (C=O) groups is 1. The zero-order chi connectivity index (χ0) is 14.9. The van der Waals surface area contributed by atoms with Crippen molar-refractivity contribution in [2.75, 3.05) is 12.4 Å². The minimum Gasteiger partial charge on any atom is -0.394 e. The molecule has 114 valence electrons. The zero-order valence-corrected chi connectivity index (χ0v) is 13.3. The molecule has 1 fully saturated rings. The Labute approximate surface area is 130 Å². The van der Waals surface area contributed by atoms with E-state index in [0.717, 1.165) is 12.8 Å². The Kier molecular flexibility index (Phi) is 4.27. The van der Waals surface area contributed by atoms with Crippen molar-refractivity contribution in [1.82, 2.24) is 5.32 Å². The molecular formula is C17H23NO2S. The molecule has 0 saturated heterocycles. The molecule has 1 atom stereocenters. The van der Waals surface area contributed by atoms with E-state index in [4.69, 9.17) is 0 Å². The highest BCUT2D eigenvalue weighted by molar-refractivity contribution is 8.00. The summed E-state index contributed by atoms with van der Waals surface area (Å²) in [5, 5.41) is 12.5. The first-order valence-electron chi connectivity index (χ1n) is 7.77. The quantitative estimate of drug-likeness (QED) is 0.794. The third kappa shape index (κ3) is 3.43. The van der Waals surface area contributed by atoms with Gasteiger partial charge in [0, 0.05) is 4.90 Å². The Balaban J connectivity index is 1.53. The van der Waals surface area contributed by atoms with Crippen LogP contribution in [-0.2, 0) is 17.6 Å². The lowest BCUT2D eigenvalue weighted by atomic mass is 9.97. The fraction of sp³-hybridized carbons (Fsp3) is 0.588. The third-order valence-electron chi connectivity index (χ3n) is 4.67. The van der Waals surface area contributed by atoms with Crippen LogP contribution in [0.3, 0.4) is 0 Å². The first-order valence-corrected chi connectivity index (χ1v) is 8.76. The maximum atomic E-state index is 12.1. The summed E-state index contributed by atoms with van der Waals surface area (Å²) in [6, 6.07) is 6.55. The van der Waals surface area contributed by atoms with Gasteiger partial charge in [0.2, 0.25) is 5.91 Å². The Morgan fingerprint density at radius 1 is 1.38 bits per heavy atom. The van der Waals surface area contributed by atoms with E-state index in [-0.39, 0.29) is 12.5 Å². The van der Waals surface area contributed by atoms with E-state index in [1.807, 2.05) is 6.92 Å². The monoisotopic (exact) mass is 305 g/mol. The van der Waals surface area contributed by atoms with Crippen LogP contribution in [0.15, 0.2) is 23.1 Å². The molecule has 2 aliphatic carbocycles. The van der Waals surface area contributed by atoms with E-state index in [2.05, 4.69) is 23.5 Å². The number of aryl methyl sites for hydroxylation is 2. The van der Waals surface area contributed by atoms with E-state index < -0.39 is 5.54 Å². The van der Waals surface area contributed by atoms with E-state index >= 15 is 0 Å². The van der Waals surface area contributed by atoms with Crippen LogP contribution in [0.2, 0.25) is 0 Å². The van der Waals surface area contributed by atoms with Gasteiger partial charge < -0.3 is 10.4 Å². The fourth-order valence-corrected chi connectivity index (χ4v) is 3.89. The molecule has 1 aromatic rings. The number of hydrogen-bond donors (Lipinski definition) is 2. The molecular weight excluding hydrogens is 282 g/mol. The number of thioether (sulfide) groups is 1. The van der Waals surface area contributed by atoms with Gasteiger partial charge in [-0.2, -0.15) is 0 Å². The molecule has 0 aromatic heterocycles. The van der Waals surface area contributed by atoms with Gasteiger partial charge in [0.25, 0.3) is 0 Å². The van der Waals surface area contributed by atoms with Gasteiger partial charge in [-0.1, -0.05) is 6.07 Å². The number of rotatable bonds is 6. The Morgan fingerprint density at radius 2 is 2.14 bits per heavy atom. The predicted octanol–water partition coefficient (Wildman–Crippen LogP) is 2.54. The van der Waals surface area contributed by atoms with E-state index in [9.17, 15) is 9.90 Å². The molecule has 0 aliphatic heterocycles.